The normalized spacial score (nSPS) is 36.3. The van der Waals surface area contributed by atoms with Gasteiger partial charge in [-0.25, -0.2) is 0 Å². The average molecular weight is 129 g/mol. The molecule has 9 heavy (non-hydrogen) atoms. The number of rotatable bonds is 3. The molecule has 3 unspecified atom stereocenters. The molecule has 3 N–H and O–H groups in total. The number of nitrogens with two attached hydrogens (primary N) is 1. The first-order valence-corrected chi connectivity index (χ1v) is 3.60. The van der Waals surface area contributed by atoms with Crippen molar-refractivity contribution >= 4 is 0 Å². The van der Waals surface area contributed by atoms with Crippen molar-refractivity contribution in [2.24, 2.45) is 17.6 Å². The van der Waals surface area contributed by atoms with E-state index < -0.39 is 0 Å². The van der Waals surface area contributed by atoms with Crippen LogP contribution in [0.15, 0.2) is 0 Å². The summed E-state index contributed by atoms with van der Waals surface area (Å²) in [5.41, 5.74) is 5.53. The molecule has 1 aliphatic rings. The number of aliphatic hydroxyl groups excluding tert-OH is 1. The van der Waals surface area contributed by atoms with E-state index >= 15 is 0 Å². The molecule has 2 heteroatoms. The molecule has 1 rings (SSSR count). The van der Waals surface area contributed by atoms with Gasteiger partial charge in [-0.15, -0.1) is 0 Å². The van der Waals surface area contributed by atoms with Crippen molar-refractivity contribution in [2.45, 2.75) is 25.8 Å². The van der Waals surface area contributed by atoms with Crippen LogP contribution in [-0.4, -0.2) is 17.8 Å². The maximum atomic E-state index is 8.57. The predicted octanol–water partition coefficient (Wildman–Crippen LogP) is 0.352. The molecule has 2 nitrogen and oxygen atoms in total. The Bertz CT molecular complexity index is 92.9. The van der Waals surface area contributed by atoms with E-state index in [1.807, 2.05) is 0 Å². The summed E-state index contributed by atoms with van der Waals surface area (Å²) in [6, 6.07) is 0.0277. The van der Waals surface area contributed by atoms with Gasteiger partial charge in [0.2, 0.25) is 0 Å². The Morgan fingerprint density at radius 1 is 1.78 bits per heavy atom. The van der Waals surface area contributed by atoms with E-state index in [0.717, 1.165) is 18.3 Å². The smallest absolute Gasteiger partial charge is 0.0582 e. The van der Waals surface area contributed by atoms with Crippen LogP contribution < -0.4 is 5.73 Å². The molecule has 1 saturated carbocycles. The highest BCUT2D eigenvalue weighted by Crippen LogP contribution is 2.40. The third-order valence-corrected chi connectivity index (χ3v) is 2.12. The maximum Gasteiger partial charge on any atom is 0.0582 e. The van der Waals surface area contributed by atoms with Gasteiger partial charge in [0.15, 0.2) is 0 Å². The van der Waals surface area contributed by atoms with Crippen LogP contribution in [-0.2, 0) is 0 Å². The second-order valence-corrected chi connectivity index (χ2v) is 3.15. The van der Waals surface area contributed by atoms with E-state index in [0.29, 0.717) is 0 Å². The predicted molar refractivity (Wildman–Crippen MR) is 36.9 cm³/mol. The van der Waals surface area contributed by atoms with Gasteiger partial charge in [0.05, 0.1) is 6.61 Å². The highest BCUT2D eigenvalue weighted by molar-refractivity contribution is 4.85. The summed E-state index contributed by atoms with van der Waals surface area (Å²) in [5.74, 6) is 1.68. The Labute approximate surface area is 56.1 Å². The lowest BCUT2D eigenvalue weighted by Gasteiger charge is -2.04. The lowest BCUT2D eigenvalue weighted by atomic mass is 10.1. The van der Waals surface area contributed by atoms with Crippen LogP contribution in [0.2, 0.25) is 0 Å². The molecule has 0 heterocycles. The Morgan fingerprint density at radius 2 is 2.33 bits per heavy atom. The standard InChI is InChI=1S/C7H15NO/c1-5-2-6(5)3-7(8)4-9/h5-7,9H,2-4,8H2,1H3. The third-order valence-electron chi connectivity index (χ3n) is 2.12. The summed E-state index contributed by atoms with van der Waals surface area (Å²) >= 11 is 0. The Morgan fingerprint density at radius 3 is 2.67 bits per heavy atom. The molecule has 0 aliphatic heterocycles. The van der Waals surface area contributed by atoms with Crippen molar-refractivity contribution < 1.29 is 5.11 Å². The van der Waals surface area contributed by atoms with Gasteiger partial charge in [-0.05, 0) is 24.7 Å². The summed E-state index contributed by atoms with van der Waals surface area (Å²) in [7, 11) is 0. The van der Waals surface area contributed by atoms with Crippen molar-refractivity contribution in [1.29, 1.82) is 0 Å². The van der Waals surface area contributed by atoms with E-state index in [2.05, 4.69) is 6.92 Å². The average Bonchev–Trinajstić information content (AvgIpc) is 2.47. The van der Waals surface area contributed by atoms with E-state index in [1.54, 1.807) is 0 Å². The van der Waals surface area contributed by atoms with Gasteiger partial charge >= 0.3 is 0 Å². The molecule has 0 aromatic heterocycles. The summed E-state index contributed by atoms with van der Waals surface area (Å²) in [6.07, 6.45) is 2.32. The lowest BCUT2D eigenvalue weighted by molar-refractivity contribution is 0.255. The second-order valence-electron chi connectivity index (χ2n) is 3.15. The van der Waals surface area contributed by atoms with Gasteiger partial charge < -0.3 is 10.8 Å². The molecule has 0 aromatic carbocycles. The van der Waals surface area contributed by atoms with E-state index in [-0.39, 0.29) is 12.6 Å². The molecule has 3 atom stereocenters. The summed E-state index contributed by atoms with van der Waals surface area (Å²) in [5, 5.41) is 8.57. The van der Waals surface area contributed by atoms with Gasteiger partial charge in [0.1, 0.15) is 0 Å². The van der Waals surface area contributed by atoms with Crippen LogP contribution in [0.3, 0.4) is 0 Å². The lowest BCUT2D eigenvalue weighted by Crippen LogP contribution is -2.24. The summed E-state index contributed by atoms with van der Waals surface area (Å²) in [6.45, 7) is 2.37. The fourth-order valence-electron chi connectivity index (χ4n) is 1.19. The fourth-order valence-corrected chi connectivity index (χ4v) is 1.19. The van der Waals surface area contributed by atoms with Crippen molar-refractivity contribution in [1.82, 2.24) is 0 Å². The van der Waals surface area contributed by atoms with Crippen LogP contribution in [0.4, 0.5) is 0 Å². The zero-order valence-corrected chi connectivity index (χ0v) is 5.88. The highest BCUT2D eigenvalue weighted by atomic mass is 16.3. The van der Waals surface area contributed by atoms with E-state index in [4.69, 9.17) is 10.8 Å². The number of aliphatic hydroxyl groups is 1. The zero-order chi connectivity index (χ0) is 6.85. The topological polar surface area (TPSA) is 46.2 Å². The van der Waals surface area contributed by atoms with Gasteiger partial charge in [-0.2, -0.15) is 0 Å². The van der Waals surface area contributed by atoms with Gasteiger partial charge in [0, 0.05) is 6.04 Å². The zero-order valence-electron chi connectivity index (χ0n) is 5.88. The molecule has 1 fully saturated rings. The van der Waals surface area contributed by atoms with Gasteiger partial charge in [-0.3, -0.25) is 0 Å². The van der Waals surface area contributed by atoms with Crippen LogP contribution in [0, 0.1) is 11.8 Å². The fraction of sp³-hybridized carbons (Fsp3) is 1.00. The molecule has 1 aliphatic carbocycles. The molecule has 0 saturated heterocycles. The minimum Gasteiger partial charge on any atom is -0.395 e. The molecule has 0 amide bonds. The number of hydrogen-bond acceptors (Lipinski definition) is 2. The quantitative estimate of drug-likeness (QED) is 0.577. The van der Waals surface area contributed by atoms with Crippen molar-refractivity contribution in [3.05, 3.63) is 0 Å². The third kappa shape index (κ3) is 1.95. The minimum atomic E-state index is 0.0277. The SMILES string of the molecule is CC1CC1CC(N)CO. The number of hydrogen-bond donors (Lipinski definition) is 2. The van der Waals surface area contributed by atoms with Crippen LogP contribution in [0.5, 0.6) is 0 Å². The first kappa shape index (κ1) is 7.03. The molecule has 0 aromatic rings. The monoisotopic (exact) mass is 129 g/mol. The van der Waals surface area contributed by atoms with Crippen molar-refractivity contribution in [2.75, 3.05) is 6.61 Å². The second kappa shape index (κ2) is 2.67. The van der Waals surface area contributed by atoms with Crippen LogP contribution in [0.1, 0.15) is 19.8 Å². The molecule has 0 radical (unpaired) electrons. The minimum absolute atomic E-state index is 0.0277. The van der Waals surface area contributed by atoms with Gasteiger partial charge in [0.25, 0.3) is 0 Å². The molecule has 0 spiro atoms. The first-order chi connectivity index (χ1) is 4.24. The largest absolute Gasteiger partial charge is 0.395 e. The maximum absolute atomic E-state index is 8.57. The van der Waals surface area contributed by atoms with Crippen molar-refractivity contribution in [3.8, 4) is 0 Å². The van der Waals surface area contributed by atoms with E-state index in [9.17, 15) is 0 Å². The van der Waals surface area contributed by atoms with E-state index in [1.165, 1.54) is 6.42 Å². The highest BCUT2D eigenvalue weighted by Gasteiger charge is 2.33. The Hall–Kier alpha value is -0.0800. The first-order valence-electron chi connectivity index (χ1n) is 3.60. The van der Waals surface area contributed by atoms with Gasteiger partial charge in [-0.1, -0.05) is 6.92 Å². The Kier molecular flexibility index (Phi) is 2.09. The molecule has 54 valence electrons. The van der Waals surface area contributed by atoms with Crippen molar-refractivity contribution in [3.63, 3.8) is 0 Å². The molecular weight excluding hydrogens is 114 g/mol. The van der Waals surface area contributed by atoms with Crippen LogP contribution >= 0.6 is 0 Å². The summed E-state index contributed by atoms with van der Waals surface area (Å²) < 4.78 is 0. The Balaban J connectivity index is 2.05. The summed E-state index contributed by atoms with van der Waals surface area (Å²) in [4.78, 5) is 0. The van der Waals surface area contributed by atoms with Crippen LogP contribution in [0.25, 0.3) is 0 Å². The molecular formula is C7H15NO. The molecule has 0 bridgehead atoms.